The summed E-state index contributed by atoms with van der Waals surface area (Å²) in [6.07, 6.45) is 11.6. The van der Waals surface area contributed by atoms with E-state index in [4.69, 9.17) is 0 Å². The molecule has 1 amide bonds. The topological polar surface area (TPSA) is 40.5 Å². The van der Waals surface area contributed by atoms with E-state index in [1.165, 1.54) is 25.7 Å². The highest BCUT2D eigenvalue weighted by molar-refractivity contribution is 7.98. The predicted molar refractivity (Wildman–Crippen MR) is 113 cm³/mol. The van der Waals surface area contributed by atoms with Crippen molar-refractivity contribution in [2.75, 3.05) is 26.1 Å². The van der Waals surface area contributed by atoms with E-state index < -0.39 is 0 Å². The van der Waals surface area contributed by atoms with Gasteiger partial charge in [0.1, 0.15) is 0 Å². The highest BCUT2D eigenvalue weighted by Gasteiger charge is 2.68. The fourth-order valence-corrected chi connectivity index (χ4v) is 9.50. The summed E-state index contributed by atoms with van der Waals surface area (Å²) in [5, 5.41) is 11.5. The third kappa shape index (κ3) is 2.61. The van der Waals surface area contributed by atoms with Gasteiger partial charge in [0.2, 0.25) is 5.91 Å². The quantitative estimate of drug-likeness (QED) is 0.771. The molecule has 4 heteroatoms. The van der Waals surface area contributed by atoms with Gasteiger partial charge in [-0.1, -0.05) is 20.3 Å². The number of aliphatic hydroxyl groups excluding tert-OH is 1. The van der Waals surface area contributed by atoms with E-state index in [-0.39, 0.29) is 22.3 Å². The highest BCUT2D eigenvalue weighted by Crippen LogP contribution is 2.72. The fourth-order valence-electron chi connectivity index (χ4n) is 8.66. The molecule has 0 heterocycles. The lowest BCUT2D eigenvalue weighted by Gasteiger charge is -2.70. The summed E-state index contributed by atoms with van der Waals surface area (Å²) in [5.74, 6) is 3.68. The smallest absolute Gasteiger partial charge is 0.228 e. The van der Waals surface area contributed by atoms with E-state index in [1.54, 1.807) is 0 Å². The van der Waals surface area contributed by atoms with Gasteiger partial charge in [-0.25, -0.2) is 0 Å². The Morgan fingerprint density at radius 2 is 1.81 bits per heavy atom. The van der Waals surface area contributed by atoms with Gasteiger partial charge in [-0.3, -0.25) is 4.79 Å². The first kappa shape index (κ1) is 20.1. The number of hydrogen-bond donors (Lipinski definition) is 1. The van der Waals surface area contributed by atoms with Gasteiger partial charge in [-0.15, -0.1) is 0 Å². The minimum atomic E-state index is -0.224. The molecule has 1 spiro atoms. The summed E-state index contributed by atoms with van der Waals surface area (Å²) >= 11 is 1.91. The largest absolute Gasteiger partial charge is 0.392 e. The zero-order chi connectivity index (χ0) is 19.6. The zero-order valence-electron chi connectivity index (χ0n) is 18.0. The lowest BCUT2D eigenvalue weighted by molar-refractivity contribution is -0.240. The van der Waals surface area contributed by atoms with Crippen LogP contribution in [0.3, 0.4) is 0 Å². The fraction of sp³-hybridized carbons (Fsp3) is 0.957. The summed E-state index contributed by atoms with van der Waals surface area (Å²) in [7, 11) is 3.84. The molecule has 0 saturated heterocycles. The zero-order valence-corrected chi connectivity index (χ0v) is 18.8. The summed E-state index contributed by atoms with van der Waals surface area (Å²) < 4.78 is 0. The molecule has 5 aliphatic rings. The first-order chi connectivity index (χ1) is 12.7. The molecule has 3 nitrogen and oxygen atoms in total. The van der Waals surface area contributed by atoms with E-state index >= 15 is 0 Å². The van der Waals surface area contributed by atoms with Gasteiger partial charge in [0.25, 0.3) is 0 Å². The van der Waals surface area contributed by atoms with Crippen LogP contribution in [0, 0.1) is 39.9 Å². The molecule has 0 aromatic rings. The molecule has 5 aliphatic carbocycles. The van der Waals surface area contributed by atoms with Gasteiger partial charge < -0.3 is 10.0 Å². The lowest BCUT2D eigenvalue weighted by atomic mass is 9.35. The molecule has 0 aromatic carbocycles. The number of carbonyl (C=O) groups excluding carboxylic acids is 1. The van der Waals surface area contributed by atoms with E-state index in [0.29, 0.717) is 29.6 Å². The summed E-state index contributed by atoms with van der Waals surface area (Å²) in [4.78, 5) is 15.0. The van der Waals surface area contributed by atoms with Crippen LogP contribution in [0.1, 0.15) is 65.2 Å². The second kappa shape index (κ2) is 6.65. The van der Waals surface area contributed by atoms with Gasteiger partial charge in [0, 0.05) is 19.5 Å². The normalized spacial score (nSPS) is 51.4. The van der Waals surface area contributed by atoms with E-state index in [2.05, 4.69) is 20.1 Å². The third-order valence-electron chi connectivity index (χ3n) is 9.74. The summed E-state index contributed by atoms with van der Waals surface area (Å²) in [5.41, 5.74) is 0.110. The maximum absolute atomic E-state index is 13.2. The van der Waals surface area contributed by atoms with Crippen LogP contribution in [0.25, 0.3) is 0 Å². The monoisotopic (exact) mass is 393 g/mol. The van der Waals surface area contributed by atoms with Crippen molar-refractivity contribution in [2.24, 2.45) is 39.9 Å². The van der Waals surface area contributed by atoms with Crippen molar-refractivity contribution < 1.29 is 9.90 Å². The molecular weight excluding hydrogens is 354 g/mol. The Kier molecular flexibility index (Phi) is 4.94. The highest BCUT2D eigenvalue weighted by atomic mass is 32.2. The van der Waals surface area contributed by atoms with Crippen molar-refractivity contribution >= 4 is 17.7 Å². The Balaban J connectivity index is 1.70. The molecule has 8 atom stereocenters. The number of fused-ring (bicyclic) bond motifs is 3. The molecule has 0 radical (unpaired) electrons. The van der Waals surface area contributed by atoms with Crippen LogP contribution < -0.4 is 0 Å². The van der Waals surface area contributed by atoms with Gasteiger partial charge in [0.15, 0.2) is 0 Å². The van der Waals surface area contributed by atoms with Crippen molar-refractivity contribution in [1.82, 2.24) is 4.90 Å². The van der Waals surface area contributed by atoms with Crippen LogP contribution in [-0.2, 0) is 4.79 Å². The standard InChI is InChI=1S/C23H39NO2S/c1-21-9-6-10-22(2,20(26)24(3)4)17(21)8-12-23-11-7-15(13-18(21)23)16(14-27-5)19(23)25/h15-19,25H,6-14H2,1-5H3/t15-,16-,17-,18-,19+,21+,22+,23-/m0/s1. The molecule has 5 rings (SSSR count). The lowest BCUT2D eigenvalue weighted by Crippen LogP contribution is -2.67. The van der Waals surface area contributed by atoms with Gasteiger partial charge in [0.05, 0.1) is 6.10 Å². The number of nitrogens with zero attached hydrogens (tertiary/aromatic N) is 1. The Hall–Kier alpha value is -0.220. The van der Waals surface area contributed by atoms with Crippen LogP contribution in [0.2, 0.25) is 0 Å². The maximum atomic E-state index is 13.2. The SMILES string of the molecule is CSC[C@H]1[C@H]2CC[C@@]3(CC[C@H]4[C@@](C)(CCC[C@@]4(C)C(=O)N(C)C)[C@@H]3C2)[C@@H]1O. The molecule has 5 saturated carbocycles. The summed E-state index contributed by atoms with van der Waals surface area (Å²) in [6.45, 7) is 4.75. The Labute approximate surface area is 170 Å². The summed E-state index contributed by atoms with van der Waals surface area (Å²) in [6, 6.07) is 0. The van der Waals surface area contributed by atoms with Crippen LogP contribution in [0.15, 0.2) is 0 Å². The van der Waals surface area contributed by atoms with Gasteiger partial charge in [-0.2, -0.15) is 11.8 Å². The predicted octanol–water partition coefficient (Wildman–Crippen LogP) is 4.44. The van der Waals surface area contributed by atoms with Gasteiger partial charge in [-0.05, 0) is 91.5 Å². The second-order valence-electron chi connectivity index (χ2n) is 11.0. The minimum absolute atomic E-state index is 0.125. The molecule has 27 heavy (non-hydrogen) atoms. The number of carbonyl (C=O) groups is 1. The Morgan fingerprint density at radius 1 is 1.11 bits per heavy atom. The van der Waals surface area contributed by atoms with Crippen molar-refractivity contribution in [3.05, 3.63) is 0 Å². The van der Waals surface area contributed by atoms with Crippen molar-refractivity contribution in [3.8, 4) is 0 Å². The van der Waals surface area contributed by atoms with Crippen LogP contribution >= 0.6 is 11.8 Å². The number of amides is 1. The van der Waals surface area contributed by atoms with Crippen LogP contribution in [0.5, 0.6) is 0 Å². The van der Waals surface area contributed by atoms with E-state index in [0.717, 1.165) is 31.4 Å². The molecule has 2 bridgehead atoms. The molecule has 0 aliphatic heterocycles. The molecule has 154 valence electrons. The molecule has 5 fully saturated rings. The number of hydrogen-bond acceptors (Lipinski definition) is 3. The number of thioether (sulfide) groups is 1. The molecule has 0 aromatic heterocycles. The molecule has 1 N–H and O–H groups in total. The first-order valence-electron chi connectivity index (χ1n) is 11.1. The average molecular weight is 394 g/mol. The number of aliphatic hydroxyl groups is 1. The average Bonchev–Trinajstić information content (AvgIpc) is 2.63. The van der Waals surface area contributed by atoms with Crippen molar-refractivity contribution in [3.63, 3.8) is 0 Å². The van der Waals surface area contributed by atoms with Crippen LogP contribution in [-0.4, -0.2) is 48.1 Å². The van der Waals surface area contributed by atoms with Crippen LogP contribution in [0.4, 0.5) is 0 Å². The first-order valence-corrected chi connectivity index (χ1v) is 12.5. The van der Waals surface area contributed by atoms with Crippen molar-refractivity contribution in [1.29, 1.82) is 0 Å². The third-order valence-corrected chi connectivity index (χ3v) is 10.5. The Morgan fingerprint density at radius 3 is 2.48 bits per heavy atom. The van der Waals surface area contributed by atoms with Gasteiger partial charge >= 0.3 is 0 Å². The minimum Gasteiger partial charge on any atom is -0.392 e. The maximum Gasteiger partial charge on any atom is 0.228 e. The second-order valence-corrected chi connectivity index (χ2v) is 11.9. The van der Waals surface area contributed by atoms with Crippen molar-refractivity contribution in [2.45, 2.75) is 71.3 Å². The number of rotatable bonds is 3. The van der Waals surface area contributed by atoms with E-state index in [1.807, 2.05) is 30.8 Å². The molecular formula is C23H39NO2S. The van der Waals surface area contributed by atoms with E-state index in [9.17, 15) is 9.90 Å². The molecule has 0 unspecified atom stereocenters. The Bertz CT molecular complexity index is 609.